The van der Waals surface area contributed by atoms with Gasteiger partial charge in [-0.2, -0.15) is 0 Å². The van der Waals surface area contributed by atoms with Gasteiger partial charge in [0.2, 0.25) is 0 Å². The molecule has 6 nitrogen and oxygen atoms in total. The maximum Gasteiger partial charge on any atom is 0.351 e. The van der Waals surface area contributed by atoms with E-state index in [4.69, 9.17) is 21.1 Å². The molecule has 0 unspecified atom stereocenters. The first kappa shape index (κ1) is 18.0. The molecule has 3 aromatic rings. The van der Waals surface area contributed by atoms with E-state index in [0.29, 0.717) is 27.0 Å². The van der Waals surface area contributed by atoms with E-state index in [9.17, 15) is 9.59 Å². The first-order valence-corrected chi connectivity index (χ1v) is 8.73. The predicted molar refractivity (Wildman–Crippen MR) is 104 cm³/mol. The van der Waals surface area contributed by atoms with Crippen molar-refractivity contribution < 1.29 is 19.1 Å². The zero-order valence-corrected chi connectivity index (χ0v) is 15.5. The number of carbonyl (C=O) groups excluding carboxylic acids is 2. The molecule has 26 heavy (non-hydrogen) atoms. The van der Waals surface area contributed by atoms with Gasteiger partial charge in [-0.1, -0.05) is 17.7 Å². The minimum atomic E-state index is -0.462. The molecule has 134 valence electrons. The molecule has 0 aliphatic carbocycles. The van der Waals surface area contributed by atoms with Gasteiger partial charge in [-0.05, 0) is 36.4 Å². The third-order valence-corrected chi connectivity index (χ3v) is 4.92. The molecule has 0 aliphatic rings. The fraction of sp³-hybridized carbons (Fsp3) is 0.111. The van der Waals surface area contributed by atoms with Gasteiger partial charge in [0.15, 0.2) is 10.6 Å². The molecule has 8 heteroatoms. The van der Waals surface area contributed by atoms with Crippen LogP contribution in [0.2, 0.25) is 5.02 Å². The Bertz CT molecular complexity index is 986. The predicted octanol–water partition coefficient (Wildman–Crippen LogP) is 4.99. The van der Waals surface area contributed by atoms with Crippen molar-refractivity contribution in [1.29, 1.82) is 0 Å². The summed E-state index contributed by atoms with van der Waals surface area (Å²) in [7, 11) is 2.80. The Balaban J connectivity index is 1.84. The molecular formula is C18H15ClN2O4S. The van der Waals surface area contributed by atoms with Gasteiger partial charge in [0.1, 0.15) is 0 Å². The van der Waals surface area contributed by atoms with Gasteiger partial charge in [-0.25, -0.2) is 9.59 Å². The highest BCUT2D eigenvalue weighted by atomic mass is 35.5. The molecule has 0 spiro atoms. The maximum absolute atomic E-state index is 12.2. The molecular weight excluding hydrogens is 376 g/mol. The number of rotatable bonds is 4. The highest BCUT2D eigenvalue weighted by Gasteiger charge is 2.20. The second kappa shape index (κ2) is 7.63. The molecule has 0 saturated carbocycles. The van der Waals surface area contributed by atoms with Crippen LogP contribution in [-0.2, 0) is 4.74 Å². The van der Waals surface area contributed by atoms with Crippen LogP contribution in [0.25, 0.3) is 10.1 Å². The zero-order valence-electron chi connectivity index (χ0n) is 14.0. The van der Waals surface area contributed by atoms with Crippen molar-refractivity contribution >= 4 is 56.4 Å². The van der Waals surface area contributed by atoms with Gasteiger partial charge in [-0.15, -0.1) is 11.3 Å². The van der Waals surface area contributed by atoms with Crippen LogP contribution in [0, 0.1) is 0 Å². The first-order valence-electron chi connectivity index (χ1n) is 7.54. The van der Waals surface area contributed by atoms with Gasteiger partial charge < -0.3 is 20.1 Å². The number of fused-ring (bicyclic) bond motifs is 1. The Hall–Kier alpha value is -2.77. The lowest BCUT2D eigenvalue weighted by Gasteiger charge is -2.08. The standard InChI is InChI=1S/C18H15ClN2O4S/c1-24-15-13-9-12(6-7-14(13)26-16(15)17(22)25-2)21-18(23)20-11-5-3-4-10(19)8-11/h3-9H,1-2H3,(H2,20,21,23). The number of carbonyl (C=O) groups is 2. The van der Waals surface area contributed by atoms with E-state index >= 15 is 0 Å². The summed E-state index contributed by atoms with van der Waals surface area (Å²) < 4.78 is 11.0. The van der Waals surface area contributed by atoms with Crippen LogP contribution >= 0.6 is 22.9 Å². The molecule has 1 heterocycles. The van der Waals surface area contributed by atoms with Gasteiger partial charge in [0, 0.05) is 26.5 Å². The second-order valence-corrected chi connectivity index (χ2v) is 6.75. The summed E-state index contributed by atoms with van der Waals surface area (Å²) in [6.45, 7) is 0. The van der Waals surface area contributed by atoms with Crippen molar-refractivity contribution in [2.75, 3.05) is 24.9 Å². The van der Waals surface area contributed by atoms with Crippen LogP contribution in [0.15, 0.2) is 42.5 Å². The summed E-state index contributed by atoms with van der Waals surface area (Å²) in [5, 5.41) is 6.70. The number of hydrogen-bond acceptors (Lipinski definition) is 5. The molecule has 2 aromatic carbocycles. The third-order valence-electron chi connectivity index (χ3n) is 3.56. The Kier molecular flexibility index (Phi) is 5.29. The topological polar surface area (TPSA) is 76.7 Å². The molecule has 0 saturated heterocycles. The minimum absolute atomic E-state index is 0.380. The first-order chi connectivity index (χ1) is 12.5. The van der Waals surface area contributed by atoms with Crippen molar-refractivity contribution in [2.45, 2.75) is 0 Å². The summed E-state index contributed by atoms with van der Waals surface area (Å²) in [6.07, 6.45) is 0. The second-order valence-electron chi connectivity index (χ2n) is 5.26. The molecule has 0 radical (unpaired) electrons. The van der Waals surface area contributed by atoms with E-state index in [-0.39, 0.29) is 0 Å². The van der Waals surface area contributed by atoms with E-state index in [0.717, 1.165) is 10.1 Å². The zero-order chi connectivity index (χ0) is 18.7. The van der Waals surface area contributed by atoms with Crippen molar-refractivity contribution in [3.8, 4) is 5.75 Å². The van der Waals surface area contributed by atoms with E-state index in [1.54, 1.807) is 36.4 Å². The van der Waals surface area contributed by atoms with Crippen LogP contribution in [0.3, 0.4) is 0 Å². The van der Waals surface area contributed by atoms with Crippen molar-refractivity contribution in [3.05, 3.63) is 52.4 Å². The van der Waals surface area contributed by atoms with E-state index < -0.39 is 12.0 Å². The number of hydrogen-bond donors (Lipinski definition) is 2. The number of ether oxygens (including phenoxy) is 2. The number of anilines is 2. The lowest BCUT2D eigenvalue weighted by molar-refractivity contribution is 0.0603. The molecule has 3 rings (SSSR count). The Morgan fingerprint density at radius 1 is 1.04 bits per heavy atom. The van der Waals surface area contributed by atoms with E-state index in [1.807, 2.05) is 6.07 Å². The Morgan fingerprint density at radius 3 is 2.42 bits per heavy atom. The van der Waals surface area contributed by atoms with Gasteiger partial charge >= 0.3 is 12.0 Å². The summed E-state index contributed by atoms with van der Waals surface area (Å²) in [5.74, 6) is -0.0352. The average Bonchev–Trinajstić information content (AvgIpc) is 2.98. The van der Waals surface area contributed by atoms with Crippen molar-refractivity contribution in [2.24, 2.45) is 0 Å². The summed E-state index contributed by atoms with van der Waals surface area (Å²) >= 11 is 7.18. The molecule has 2 amide bonds. The van der Waals surface area contributed by atoms with Crippen LogP contribution in [0.5, 0.6) is 5.75 Å². The monoisotopic (exact) mass is 390 g/mol. The number of amides is 2. The average molecular weight is 391 g/mol. The number of urea groups is 1. The molecule has 1 aromatic heterocycles. The summed E-state index contributed by atoms with van der Waals surface area (Å²) in [4.78, 5) is 24.4. The van der Waals surface area contributed by atoms with Crippen molar-refractivity contribution in [3.63, 3.8) is 0 Å². The van der Waals surface area contributed by atoms with Crippen molar-refractivity contribution in [1.82, 2.24) is 0 Å². The van der Waals surface area contributed by atoms with Crippen LogP contribution < -0.4 is 15.4 Å². The fourth-order valence-corrected chi connectivity index (χ4v) is 3.70. The van der Waals surface area contributed by atoms with Gasteiger partial charge in [0.25, 0.3) is 0 Å². The summed E-state index contributed by atoms with van der Waals surface area (Å²) in [5.41, 5.74) is 1.14. The molecule has 2 N–H and O–H groups in total. The number of esters is 1. The number of benzene rings is 2. The number of nitrogens with one attached hydrogen (secondary N) is 2. The fourth-order valence-electron chi connectivity index (χ4n) is 2.44. The highest BCUT2D eigenvalue weighted by molar-refractivity contribution is 7.21. The molecule has 0 aliphatic heterocycles. The normalized spacial score (nSPS) is 10.4. The lowest BCUT2D eigenvalue weighted by Crippen LogP contribution is -2.19. The third kappa shape index (κ3) is 3.74. The molecule has 0 atom stereocenters. The minimum Gasteiger partial charge on any atom is -0.494 e. The van der Waals surface area contributed by atoms with Gasteiger partial charge in [-0.3, -0.25) is 0 Å². The molecule has 0 bridgehead atoms. The number of methoxy groups -OCH3 is 2. The van der Waals surface area contributed by atoms with Crippen LogP contribution in [-0.4, -0.2) is 26.2 Å². The Labute approximate surface area is 158 Å². The lowest BCUT2D eigenvalue weighted by atomic mass is 10.2. The number of thiophene rings is 1. The highest BCUT2D eigenvalue weighted by Crippen LogP contribution is 2.39. The Morgan fingerprint density at radius 2 is 1.77 bits per heavy atom. The SMILES string of the molecule is COC(=O)c1sc2ccc(NC(=O)Nc3cccc(Cl)c3)cc2c1OC. The summed E-state index contributed by atoms with van der Waals surface area (Å²) in [6, 6.07) is 11.7. The van der Waals surface area contributed by atoms with E-state index in [2.05, 4.69) is 10.6 Å². The largest absolute Gasteiger partial charge is 0.494 e. The number of halogens is 1. The van der Waals surface area contributed by atoms with Crippen LogP contribution in [0.1, 0.15) is 9.67 Å². The van der Waals surface area contributed by atoms with Crippen LogP contribution in [0.4, 0.5) is 16.2 Å². The smallest absolute Gasteiger partial charge is 0.351 e. The molecule has 0 fully saturated rings. The quantitative estimate of drug-likeness (QED) is 0.615. The maximum atomic E-state index is 12.2. The van der Waals surface area contributed by atoms with E-state index in [1.165, 1.54) is 25.6 Å². The van der Waals surface area contributed by atoms with Gasteiger partial charge in [0.05, 0.1) is 14.2 Å².